The highest BCUT2D eigenvalue weighted by Crippen LogP contribution is 2.15. The quantitative estimate of drug-likeness (QED) is 0.0261. The Morgan fingerprint density at radius 3 is 0.842 bits per heavy atom. The fourth-order valence-electron chi connectivity index (χ4n) is 8.48. The molecule has 76 heavy (non-hydrogen) atoms. The van der Waals surface area contributed by atoms with Gasteiger partial charge in [0.1, 0.15) is 13.2 Å². The van der Waals surface area contributed by atoms with E-state index in [0.717, 1.165) is 148 Å². The predicted octanol–water partition coefficient (Wildman–Crippen LogP) is 21.6. The van der Waals surface area contributed by atoms with E-state index in [-0.39, 0.29) is 31.1 Å². The summed E-state index contributed by atoms with van der Waals surface area (Å²) in [6.45, 7) is 6.47. The molecule has 0 rings (SSSR count). The summed E-state index contributed by atoms with van der Waals surface area (Å²) < 4.78 is 16.9. The molecule has 432 valence electrons. The summed E-state index contributed by atoms with van der Waals surface area (Å²) in [4.78, 5) is 38.2. The number of ether oxygens (including phenoxy) is 3. The second kappa shape index (κ2) is 63.3. The third kappa shape index (κ3) is 60.7. The molecule has 0 aliphatic heterocycles. The Balaban J connectivity index is 4.31. The Hall–Kier alpha value is -4.19. The molecule has 6 nitrogen and oxygen atoms in total. The van der Waals surface area contributed by atoms with Crippen molar-refractivity contribution in [2.45, 2.75) is 290 Å². The molecule has 0 radical (unpaired) electrons. The van der Waals surface area contributed by atoms with Crippen molar-refractivity contribution in [2.24, 2.45) is 0 Å². The minimum Gasteiger partial charge on any atom is -0.462 e. The van der Waals surface area contributed by atoms with Crippen LogP contribution in [-0.4, -0.2) is 37.2 Å². The van der Waals surface area contributed by atoms with Gasteiger partial charge in [-0.3, -0.25) is 14.4 Å². The molecule has 0 N–H and O–H groups in total. The van der Waals surface area contributed by atoms with Gasteiger partial charge in [0, 0.05) is 19.3 Å². The Kier molecular flexibility index (Phi) is 59.9. The van der Waals surface area contributed by atoms with Crippen molar-refractivity contribution in [3.8, 4) is 0 Å². The number of hydrogen-bond donors (Lipinski definition) is 0. The molecule has 0 saturated carbocycles. The number of carbonyl (C=O) groups excluding carboxylic acids is 3. The SMILES string of the molecule is CC/C=C\C/C=C\C/C=C\C/C=C\C/C=C\C/C=C\C/C=C\C/C=C\CCCCCCCCC(=O)OCC(COC(=O)CCCCCCCCCCCCCCC)OC(=O)CCCCCCC/C=C\C/C=C\CCCC. The molecule has 0 spiro atoms. The van der Waals surface area contributed by atoms with E-state index in [0.29, 0.717) is 19.3 Å². The first-order chi connectivity index (χ1) is 37.5. The van der Waals surface area contributed by atoms with Gasteiger partial charge in [-0.1, -0.05) is 277 Å². The van der Waals surface area contributed by atoms with Gasteiger partial charge in [0.2, 0.25) is 0 Å². The van der Waals surface area contributed by atoms with Crippen molar-refractivity contribution in [3.63, 3.8) is 0 Å². The molecule has 0 aliphatic carbocycles. The van der Waals surface area contributed by atoms with E-state index in [4.69, 9.17) is 14.2 Å². The van der Waals surface area contributed by atoms with Crippen molar-refractivity contribution in [1.82, 2.24) is 0 Å². The van der Waals surface area contributed by atoms with E-state index < -0.39 is 6.10 Å². The minimum absolute atomic E-state index is 0.0880. The van der Waals surface area contributed by atoms with Gasteiger partial charge in [-0.25, -0.2) is 0 Å². The molecular formula is C70H116O6. The van der Waals surface area contributed by atoms with Crippen molar-refractivity contribution < 1.29 is 28.6 Å². The number of hydrogen-bond acceptors (Lipinski definition) is 6. The number of rotatable bonds is 56. The molecule has 0 aromatic heterocycles. The lowest BCUT2D eigenvalue weighted by molar-refractivity contribution is -0.167. The highest BCUT2D eigenvalue weighted by molar-refractivity contribution is 5.71. The maximum absolute atomic E-state index is 12.9. The average molecular weight is 1050 g/mol. The van der Waals surface area contributed by atoms with E-state index >= 15 is 0 Å². The second-order valence-electron chi connectivity index (χ2n) is 20.6. The zero-order valence-corrected chi connectivity index (χ0v) is 49.5. The lowest BCUT2D eigenvalue weighted by atomic mass is 10.0. The summed E-state index contributed by atoms with van der Waals surface area (Å²) in [6.07, 6.45) is 87.7. The Bertz CT molecular complexity index is 1590. The highest BCUT2D eigenvalue weighted by atomic mass is 16.6. The molecule has 6 heteroatoms. The largest absolute Gasteiger partial charge is 0.462 e. The van der Waals surface area contributed by atoms with E-state index in [2.05, 4.69) is 142 Å². The van der Waals surface area contributed by atoms with Crippen LogP contribution in [0, 0.1) is 0 Å². The van der Waals surface area contributed by atoms with Crippen LogP contribution in [0.1, 0.15) is 284 Å². The molecule has 0 fully saturated rings. The van der Waals surface area contributed by atoms with Crippen molar-refractivity contribution in [2.75, 3.05) is 13.2 Å². The van der Waals surface area contributed by atoms with Crippen molar-refractivity contribution >= 4 is 17.9 Å². The molecule has 1 atom stereocenters. The number of unbranched alkanes of at least 4 members (excludes halogenated alkanes) is 25. The van der Waals surface area contributed by atoms with E-state index in [9.17, 15) is 14.4 Å². The van der Waals surface area contributed by atoms with E-state index in [1.54, 1.807) is 0 Å². The van der Waals surface area contributed by atoms with Crippen molar-refractivity contribution in [1.29, 1.82) is 0 Å². The third-order valence-corrected chi connectivity index (χ3v) is 13.2. The molecule has 0 bridgehead atoms. The van der Waals surface area contributed by atoms with Gasteiger partial charge in [0.15, 0.2) is 6.10 Å². The van der Waals surface area contributed by atoms with E-state index in [1.165, 1.54) is 96.3 Å². The second-order valence-corrected chi connectivity index (χ2v) is 20.6. The van der Waals surface area contributed by atoms with Gasteiger partial charge in [0.25, 0.3) is 0 Å². The topological polar surface area (TPSA) is 78.9 Å². The normalized spacial score (nSPS) is 12.9. The van der Waals surface area contributed by atoms with Crippen LogP contribution in [0.4, 0.5) is 0 Å². The molecule has 0 heterocycles. The Morgan fingerprint density at radius 2 is 0.526 bits per heavy atom. The monoisotopic (exact) mass is 1050 g/mol. The lowest BCUT2D eigenvalue weighted by Crippen LogP contribution is -2.30. The molecule has 0 aromatic carbocycles. The van der Waals surface area contributed by atoms with Crippen LogP contribution in [0.2, 0.25) is 0 Å². The van der Waals surface area contributed by atoms with Crippen LogP contribution in [0.15, 0.2) is 122 Å². The average Bonchev–Trinajstić information content (AvgIpc) is 3.42. The summed E-state index contributed by atoms with van der Waals surface area (Å²) >= 11 is 0. The zero-order valence-electron chi connectivity index (χ0n) is 49.5. The smallest absolute Gasteiger partial charge is 0.306 e. The molecular weight excluding hydrogens is 937 g/mol. The summed E-state index contributed by atoms with van der Waals surface area (Å²) in [5.74, 6) is -0.914. The number of allylic oxidation sites excluding steroid dienone is 20. The maximum atomic E-state index is 12.9. The Morgan fingerprint density at radius 1 is 0.276 bits per heavy atom. The van der Waals surface area contributed by atoms with Gasteiger partial charge < -0.3 is 14.2 Å². The minimum atomic E-state index is -0.793. The van der Waals surface area contributed by atoms with Gasteiger partial charge in [-0.05, 0) is 109 Å². The molecule has 1 unspecified atom stereocenters. The fourth-order valence-corrected chi connectivity index (χ4v) is 8.48. The van der Waals surface area contributed by atoms with Crippen LogP contribution >= 0.6 is 0 Å². The lowest BCUT2D eigenvalue weighted by Gasteiger charge is -2.18. The molecule has 0 aliphatic rings. The molecule has 0 aromatic rings. The van der Waals surface area contributed by atoms with Crippen LogP contribution in [0.25, 0.3) is 0 Å². The number of carbonyl (C=O) groups is 3. The first kappa shape index (κ1) is 71.8. The zero-order chi connectivity index (χ0) is 55.0. The highest BCUT2D eigenvalue weighted by Gasteiger charge is 2.19. The Labute approximate surface area is 469 Å². The first-order valence-electron chi connectivity index (χ1n) is 31.5. The van der Waals surface area contributed by atoms with Crippen LogP contribution in [-0.2, 0) is 28.6 Å². The first-order valence-corrected chi connectivity index (χ1v) is 31.5. The van der Waals surface area contributed by atoms with Gasteiger partial charge >= 0.3 is 17.9 Å². The third-order valence-electron chi connectivity index (χ3n) is 13.2. The summed E-state index contributed by atoms with van der Waals surface area (Å²) in [7, 11) is 0. The van der Waals surface area contributed by atoms with Crippen molar-refractivity contribution in [3.05, 3.63) is 122 Å². The van der Waals surface area contributed by atoms with Gasteiger partial charge in [-0.2, -0.15) is 0 Å². The maximum Gasteiger partial charge on any atom is 0.306 e. The number of esters is 3. The van der Waals surface area contributed by atoms with Crippen LogP contribution < -0.4 is 0 Å². The summed E-state index contributed by atoms with van der Waals surface area (Å²) in [5.41, 5.74) is 0. The van der Waals surface area contributed by atoms with Gasteiger partial charge in [0.05, 0.1) is 0 Å². The van der Waals surface area contributed by atoms with Gasteiger partial charge in [-0.15, -0.1) is 0 Å². The molecule has 0 amide bonds. The van der Waals surface area contributed by atoms with Crippen LogP contribution in [0.5, 0.6) is 0 Å². The predicted molar refractivity (Wildman–Crippen MR) is 330 cm³/mol. The van der Waals surface area contributed by atoms with Crippen LogP contribution in [0.3, 0.4) is 0 Å². The van der Waals surface area contributed by atoms with E-state index in [1.807, 2.05) is 0 Å². The summed E-state index contributed by atoms with van der Waals surface area (Å²) in [6, 6.07) is 0. The fraction of sp³-hybridized carbons (Fsp3) is 0.671. The standard InChI is InChI=1S/C70H116O6/c1-4-7-10-13-16-19-22-25-27-28-29-30-31-32-33-34-35-36-37-38-39-40-41-42-43-46-48-51-54-57-60-63-69(72)75-66-67(65-74-68(71)62-59-56-53-50-47-44-24-21-18-15-12-9-6-3)76-70(73)64-61-58-55-52-49-45-26-23-20-17-14-11-8-5-2/h7,10,14,16-17,19,23,25-27,29-30,32-33,35-36,38-39,41-42,67H,4-6,8-9,11-13,15,18,20-22,24,28,31,34,37,40,43-66H2,1-3H3/b10-7-,17-14-,19-16-,26-23-,27-25-,30-29-,33-32-,36-35-,39-38-,42-41-. The molecule has 0 saturated heterocycles. The summed E-state index contributed by atoms with van der Waals surface area (Å²) in [5, 5.41) is 0.